The quantitative estimate of drug-likeness (QED) is 0.422. The molecule has 0 aromatic heterocycles. The molecule has 42 heavy (non-hydrogen) atoms. The topological polar surface area (TPSA) is 133 Å². The molecule has 10 nitrogen and oxygen atoms in total. The number of carbonyl (C=O) groups is 6. The highest BCUT2D eigenvalue weighted by Crippen LogP contribution is 2.24. The van der Waals surface area contributed by atoms with Crippen molar-refractivity contribution in [2.45, 2.75) is 34.1 Å². The van der Waals surface area contributed by atoms with Gasteiger partial charge in [0.15, 0.2) is 0 Å². The van der Waals surface area contributed by atoms with Crippen LogP contribution in [0.2, 0.25) is 0 Å². The zero-order chi connectivity index (χ0) is 31.1. The van der Waals surface area contributed by atoms with Gasteiger partial charge < -0.3 is 10.6 Å². The van der Waals surface area contributed by atoms with E-state index in [4.69, 9.17) is 0 Å². The molecule has 10 heteroatoms. The highest BCUT2D eigenvalue weighted by Gasteiger charge is 2.34. The van der Waals surface area contributed by atoms with Crippen molar-refractivity contribution in [1.82, 2.24) is 15.1 Å². The Morgan fingerprint density at radius 3 is 1.50 bits per heavy atom. The van der Waals surface area contributed by atoms with Crippen LogP contribution in [0.5, 0.6) is 0 Å². The predicted molar refractivity (Wildman–Crippen MR) is 159 cm³/mol. The third-order valence-corrected chi connectivity index (χ3v) is 6.61. The van der Waals surface area contributed by atoms with Crippen LogP contribution in [0.1, 0.15) is 95.4 Å². The van der Waals surface area contributed by atoms with Crippen molar-refractivity contribution < 1.29 is 28.8 Å². The Morgan fingerprint density at radius 2 is 1.02 bits per heavy atom. The van der Waals surface area contributed by atoms with Crippen molar-refractivity contribution in [3.05, 3.63) is 99.6 Å². The standard InChI is InChI=1S/C28H22N4O6.2C2H6/c1-31-25(35)19-9-5-16(13-21(19)27(31)37)23(33)29-12-11-15-3-7-18(8-4-15)30-24(34)17-6-10-20-22(14-17)28(38)32(2)26(20)36;2*1-2/h3-10,13-14H,11-12H2,1-2H3,(H,29,33)(H,30,34);2*1-2H3. The van der Waals surface area contributed by atoms with Gasteiger partial charge in [0.05, 0.1) is 22.3 Å². The first-order chi connectivity index (χ1) is 20.2. The second-order valence-corrected chi connectivity index (χ2v) is 9.02. The van der Waals surface area contributed by atoms with Gasteiger partial charge in [0.2, 0.25) is 0 Å². The minimum Gasteiger partial charge on any atom is -0.352 e. The molecule has 0 spiro atoms. The highest BCUT2D eigenvalue weighted by molar-refractivity contribution is 6.22. The Kier molecular flexibility index (Phi) is 10.1. The van der Waals surface area contributed by atoms with Crippen LogP contribution in [0.15, 0.2) is 60.7 Å². The molecule has 0 aliphatic carbocycles. The molecular weight excluding hydrogens is 536 g/mol. The number of benzene rings is 3. The van der Waals surface area contributed by atoms with Gasteiger partial charge in [0.25, 0.3) is 35.4 Å². The summed E-state index contributed by atoms with van der Waals surface area (Å²) in [7, 11) is 2.80. The van der Waals surface area contributed by atoms with Gasteiger partial charge >= 0.3 is 0 Å². The molecule has 2 N–H and O–H groups in total. The first-order valence-corrected chi connectivity index (χ1v) is 13.8. The van der Waals surface area contributed by atoms with E-state index in [1.54, 1.807) is 12.1 Å². The number of nitrogens with zero attached hydrogens (tertiary/aromatic N) is 2. The smallest absolute Gasteiger partial charge is 0.261 e. The third kappa shape index (κ3) is 6.12. The lowest BCUT2D eigenvalue weighted by Crippen LogP contribution is -2.26. The first-order valence-electron chi connectivity index (χ1n) is 13.8. The Bertz CT molecular complexity index is 1560. The van der Waals surface area contributed by atoms with Crippen LogP contribution in [0.4, 0.5) is 5.69 Å². The number of fused-ring (bicyclic) bond motifs is 2. The number of rotatable bonds is 6. The normalized spacial score (nSPS) is 13.0. The molecule has 2 heterocycles. The van der Waals surface area contributed by atoms with Crippen LogP contribution in [0.3, 0.4) is 0 Å². The van der Waals surface area contributed by atoms with E-state index in [-0.39, 0.29) is 39.6 Å². The van der Waals surface area contributed by atoms with E-state index in [0.29, 0.717) is 24.2 Å². The van der Waals surface area contributed by atoms with E-state index in [1.165, 1.54) is 50.5 Å². The van der Waals surface area contributed by atoms with Gasteiger partial charge in [0, 0.05) is 37.5 Å². The number of carbonyl (C=O) groups excluding carboxylic acids is 6. The van der Waals surface area contributed by atoms with Gasteiger partial charge in [0.1, 0.15) is 0 Å². The molecule has 0 saturated carbocycles. The summed E-state index contributed by atoms with van der Waals surface area (Å²) >= 11 is 0. The van der Waals surface area contributed by atoms with Crippen LogP contribution in [-0.4, -0.2) is 65.9 Å². The summed E-state index contributed by atoms with van der Waals surface area (Å²) in [6, 6.07) is 15.9. The van der Waals surface area contributed by atoms with E-state index in [1.807, 2.05) is 39.8 Å². The molecular formula is C32H34N4O6. The molecule has 0 unspecified atom stereocenters. The first kappa shape index (κ1) is 31.4. The van der Waals surface area contributed by atoms with Crippen molar-refractivity contribution >= 4 is 41.1 Å². The molecule has 0 fully saturated rings. The van der Waals surface area contributed by atoms with E-state index in [0.717, 1.165) is 15.4 Å². The van der Waals surface area contributed by atoms with E-state index < -0.39 is 23.6 Å². The summed E-state index contributed by atoms with van der Waals surface area (Å²) in [6.07, 6.45) is 0.527. The number of nitrogens with one attached hydrogen (secondary N) is 2. The molecule has 3 aromatic rings. The maximum absolute atomic E-state index is 12.7. The van der Waals surface area contributed by atoms with Crippen molar-refractivity contribution in [3.8, 4) is 0 Å². The molecule has 0 bridgehead atoms. The zero-order valence-corrected chi connectivity index (χ0v) is 24.5. The van der Waals surface area contributed by atoms with E-state index in [9.17, 15) is 28.8 Å². The van der Waals surface area contributed by atoms with E-state index in [2.05, 4.69) is 10.6 Å². The van der Waals surface area contributed by atoms with Gasteiger partial charge in [-0.2, -0.15) is 0 Å². The minimum absolute atomic E-state index is 0.204. The Hall–Kier alpha value is -5.12. The van der Waals surface area contributed by atoms with Crippen molar-refractivity contribution in [2.75, 3.05) is 26.0 Å². The SMILES string of the molecule is CC.CC.CN1C(=O)c2ccc(C(=O)NCCc3ccc(NC(=O)c4ccc5c(c4)C(=O)N(C)C5=O)cc3)cc2C1=O. The monoisotopic (exact) mass is 570 g/mol. The molecule has 2 aliphatic heterocycles. The maximum Gasteiger partial charge on any atom is 0.261 e. The average molecular weight is 571 g/mol. The van der Waals surface area contributed by atoms with Crippen LogP contribution >= 0.6 is 0 Å². The number of anilines is 1. The van der Waals surface area contributed by atoms with Gasteiger partial charge in [-0.05, 0) is 60.5 Å². The van der Waals surface area contributed by atoms with Gasteiger partial charge in [-0.1, -0.05) is 39.8 Å². The fourth-order valence-electron chi connectivity index (χ4n) is 4.39. The summed E-state index contributed by atoms with van der Waals surface area (Å²) < 4.78 is 0. The average Bonchev–Trinajstić information content (AvgIpc) is 3.38. The lowest BCUT2D eigenvalue weighted by Gasteiger charge is -2.09. The zero-order valence-electron chi connectivity index (χ0n) is 24.5. The van der Waals surface area contributed by atoms with Crippen molar-refractivity contribution in [1.29, 1.82) is 0 Å². The fraction of sp³-hybridized carbons (Fsp3) is 0.250. The second-order valence-electron chi connectivity index (χ2n) is 9.02. The molecule has 2 aliphatic rings. The highest BCUT2D eigenvalue weighted by atomic mass is 16.2. The van der Waals surface area contributed by atoms with Crippen LogP contribution < -0.4 is 10.6 Å². The number of imide groups is 2. The molecule has 0 atom stereocenters. The predicted octanol–water partition coefficient (Wildman–Crippen LogP) is 4.42. The summed E-state index contributed by atoms with van der Waals surface area (Å²) in [5.41, 5.74) is 3.00. The largest absolute Gasteiger partial charge is 0.352 e. The maximum atomic E-state index is 12.7. The third-order valence-electron chi connectivity index (χ3n) is 6.61. The van der Waals surface area contributed by atoms with Crippen molar-refractivity contribution in [3.63, 3.8) is 0 Å². The summed E-state index contributed by atoms with van der Waals surface area (Å²) in [6.45, 7) is 8.34. The van der Waals surface area contributed by atoms with Crippen LogP contribution in [0.25, 0.3) is 0 Å². The number of hydrogen-bond acceptors (Lipinski definition) is 6. The summed E-state index contributed by atoms with van der Waals surface area (Å²) in [5, 5.41) is 5.57. The fourth-order valence-corrected chi connectivity index (χ4v) is 4.39. The molecule has 3 aromatic carbocycles. The molecule has 5 rings (SSSR count). The van der Waals surface area contributed by atoms with Crippen molar-refractivity contribution in [2.24, 2.45) is 0 Å². The summed E-state index contributed by atoms with van der Waals surface area (Å²) in [5.74, 6) is -2.42. The molecule has 0 radical (unpaired) electrons. The van der Waals surface area contributed by atoms with Crippen LogP contribution in [0, 0.1) is 0 Å². The number of hydrogen-bond donors (Lipinski definition) is 2. The van der Waals surface area contributed by atoms with Gasteiger partial charge in [-0.15, -0.1) is 0 Å². The lowest BCUT2D eigenvalue weighted by molar-refractivity contribution is 0.0677. The Balaban J connectivity index is 0.00000116. The Labute approximate surface area is 244 Å². The van der Waals surface area contributed by atoms with Gasteiger partial charge in [-0.25, -0.2) is 0 Å². The summed E-state index contributed by atoms with van der Waals surface area (Å²) in [4.78, 5) is 75.6. The minimum atomic E-state index is -0.441. The molecule has 218 valence electrons. The Morgan fingerprint density at radius 1 is 0.595 bits per heavy atom. The van der Waals surface area contributed by atoms with Gasteiger partial charge in [-0.3, -0.25) is 38.6 Å². The lowest BCUT2D eigenvalue weighted by atomic mass is 10.0. The molecule has 6 amide bonds. The number of amides is 6. The van der Waals surface area contributed by atoms with E-state index >= 15 is 0 Å². The molecule has 0 saturated heterocycles. The second kappa shape index (κ2) is 13.5. The van der Waals surface area contributed by atoms with Crippen LogP contribution in [-0.2, 0) is 6.42 Å².